The molecule has 3 aromatic rings. The molecule has 1 aromatic heterocycles. The molecule has 146 valence electrons. The van der Waals surface area contributed by atoms with Crippen molar-refractivity contribution in [3.05, 3.63) is 50.4 Å². The Morgan fingerprint density at radius 1 is 1.25 bits per heavy atom. The molecule has 1 amide bonds. The predicted octanol–water partition coefficient (Wildman–Crippen LogP) is 5.58. The molecule has 6 nitrogen and oxygen atoms in total. The molecule has 1 heterocycles. The lowest BCUT2D eigenvalue weighted by Crippen LogP contribution is -2.14. The van der Waals surface area contributed by atoms with Gasteiger partial charge in [0.05, 0.1) is 16.3 Å². The molecule has 28 heavy (non-hydrogen) atoms. The second kappa shape index (κ2) is 9.30. The van der Waals surface area contributed by atoms with Crippen molar-refractivity contribution in [3.63, 3.8) is 0 Å². The van der Waals surface area contributed by atoms with E-state index in [0.717, 1.165) is 8.95 Å². The van der Waals surface area contributed by atoms with Crippen LogP contribution in [-0.4, -0.2) is 31.5 Å². The van der Waals surface area contributed by atoms with Crippen molar-refractivity contribution in [2.75, 3.05) is 11.1 Å². The number of aromatic hydroxyl groups is 1. The number of nitrogens with one attached hydrogen (secondary N) is 1. The van der Waals surface area contributed by atoms with Gasteiger partial charge in [-0.2, -0.15) is 0 Å². The molecule has 0 aliphatic carbocycles. The summed E-state index contributed by atoms with van der Waals surface area (Å²) in [7, 11) is 0. The monoisotopic (exact) mass is 544 g/mol. The quantitative estimate of drug-likeness (QED) is 0.395. The molecule has 0 saturated carbocycles. The lowest BCUT2D eigenvalue weighted by atomic mass is 10.2. The molecular formula is C18H15Br2ClN4O2S. The summed E-state index contributed by atoms with van der Waals surface area (Å²) in [4.78, 5) is 12.3. The number of phenolic OH excluding ortho intramolecular Hbond substituents is 1. The van der Waals surface area contributed by atoms with Crippen LogP contribution in [0.25, 0.3) is 11.4 Å². The normalized spacial score (nSPS) is 10.9. The maximum Gasteiger partial charge on any atom is 0.234 e. The molecule has 0 saturated heterocycles. The van der Waals surface area contributed by atoms with E-state index < -0.39 is 0 Å². The second-order valence-corrected chi connectivity index (χ2v) is 8.80. The molecule has 0 bridgehead atoms. The van der Waals surface area contributed by atoms with E-state index >= 15 is 0 Å². The van der Waals surface area contributed by atoms with Crippen LogP contribution in [0.3, 0.4) is 0 Å². The molecule has 2 aromatic carbocycles. The molecule has 0 radical (unpaired) electrons. The van der Waals surface area contributed by atoms with Gasteiger partial charge in [0.2, 0.25) is 5.91 Å². The van der Waals surface area contributed by atoms with Gasteiger partial charge in [-0.1, -0.05) is 39.3 Å². The maximum atomic E-state index is 12.3. The molecule has 0 unspecified atom stereocenters. The first-order valence-corrected chi connectivity index (χ1v) is 11.1. The minimum atomic E-state index is -0.180. The maximum absolute atomic E-state index is 12.3. The summed E-state index contributed by atoms with van der Waals surface area (Å²) in [5.41, 5.74) is 1.19. The average molecular weight is 547 g/mol. The third-order valence-electron chi connectivity index (χ3n) is 3.77. The summed E-state index contributed by atoms with van der Waals surface area (Å²) >= 11 is 14.0. The van der Waals surface area contributed by atoms with E-state index in [4.69, 9.17) is 11.6 Å². The first-order valence-electron chi connectivity index (χ1n) is 8.18. The zero-order valence-electron chi connectivity index (χ0n) is 14.6. The fourth-order valence-electron chi connectivity index (χ4n) is 2.47. The van der Waals surface area contributed by atoms with Crippen molar-refractivity contribution >= 4 is 66.8 Å². The number of nitrogens with zero attached hydrogens (tertiary/aromatic N) is 3. The number of anilines is 1. The van der Waals surface area contributed by atoms with Gasteiger partial charge in [-0.15, -0.1) is 10.2 Å². The Morgan fingerprint density at radius 3 is 2.75 bits per heavy atom. The molecule has 10 heteroatoms. The summed E-state index contributed by atoms with van der Waals surface area (Å²) in [6.45, 7) is 2.55. The predicted molar refractivity (Wildman–Crippen MR) is 119 cm³/mol. The number of hydrogen-bond acceptors (Lipinski definition) is 5. The zero-order chi connectivity index (χ0) is 20.3. The van der Waals surface area contributed by atoms with Crippen LogP contribution in [0.5, 0.6) is 5.75 Å². The molecule has 2 N–H and O–H groups in total. The number of hydrogen-bond donors (Lipinski definition) is 2. The second-order valence-electron chi connectivity index (χ2n) is 5.68. The summed E-state index contributed by atoms with van der Waals surface area (Å²) in [5.74, 6) is 0.646. The van der Waals surface area contributed by atoms with Crippen LogP contribution in [0.4, 0.5) is 5.69 Å². The highest BCUT2D eigenvalue weighted by Gasteiger charge is 2.17. The van der Waals surface area contributed by atoms with Gasteiger partial charge in [0.25, 0.3) is 0 Å². The molecule has 0 spiro atoms. The van der Waals surface area contributed by atoms with E-state index in [2.05, 4.69) is 47.4 Å². The summed E-state index contributed by atoms with van der Waals surface area (Å²) < 4.78 is 3.45. The number of benzene rings is 2. The van der Waals surface area contributed by atoms with Gasteiger partial charge in [0.1, 0.15) is 5.75 Å². The largest absolute Gasteiger partial charge is 0.507 e. The molecule has 0 aliphatic rings. The first-order chi connectivity index (χ1) is 13.4. The number of aromatic nitrogens is 3. The zero-order valence-corrected chi connectivity index (χ0v) is 19.4. The lowest BCUT2D eigenvalue weighted by molar-refractivity contribution is -0.113. The van der Waals surface area contributed by atoms with Crippen LogP contribution in [0, 0.1) is 0 Å². The third-order valence-corrected chi connectivity index (χ3v) is 6.46. The SMILES string of the molecule is CCn1c(SCC(=O)Nc2ccc(Br)c(Cl)c2)nnc1-c1cc(Br)ccc1O. The standard InChI is InChI=1S/C18H15Br2ClN4O2S/c1-2-25-17(12-7-10(19)3-6-15(12)26)23-24-18(25)28-9-16(27)22-11-4-5-13(20)14(21)8-11/h3-8,26H,2,9H2,1H3,(H,22,27). The average Bonchev–Trinajstić information content (AvgIpc) is 3.07. The third kappa shape index (κ3) is 4.89. The Balaban J connectivity index is 1.72. The highest BCUT2D eigenvalue weighted by atomic mass is 79.9. The van der Waals surface area contributed by atoms with E-state index in [-0.39, 0.29) is 17.4 Å². The minimum Gasteiger partial charge on any atom is -0.507 e. The first kappa shape index (κ1) is 21.2. The summed E-state index contributed by atoms with van der Waals surface area (Å²) in [6, 6.07) is 10.3. The number of carbonyl (C=O) groups excluding carboxylic acids is 1. The van der Waals surface area contributed by atoms with E-state index in [1.165, 1.54) is 11.8 Å². The molecule has 0 aliphatic heterocycles. The van der Waals surface area contributed by atoms with Crippen molar-refractivity contribution in [1.29, 1.82) is 0 Å². The summed E-state index contributed by atoms with van der Waals surface area (Å²) in [6.07, 6.45) is 0. The Kier molecular flexibility index (Phi) is 7.03. The highest BCUT2D eigenvalue weighted by molar-refractivity contribution is 9.10. The van der Waals surface area contributed by atoms with Crippen molar-refractivity contribution < 1.29 is 9.90 Å². The molecule has 0 atom stereocenters. The van der Waals surface area contributed by atoms with E-state index in [1.54, 1.807) is 36.4 Å². The number of thioether (sulfide) groups is 1. The van der Waals surface area contributed by atoms with Crippen molar-refractivity contribution in [1.82, 2.24) is 14.8 Å². The van der Waals surface area contributed by atoms with E-state index in [1.807, 2.05) is 11.5 Å². The molecule has 0 fully saturated rings. The van der Waals surface area contributed by atoms with Gasteiger partial charge in [-0.05, 0) is 59.3 Å². The molecular weight excluding hydrogens is 532 g/mol. The number of amides is 1. The van der Waals surface area contributed by atoms with Crippen LogP contribution in [0.15, 0.2) is 50.5 Å². The minimum absolute atomic E-state index is 0.117. The van der Waals surface area contributed by atoms with Gasteiger partial charge in [0.15, 0.2) is 11.0 Å². The van der Waals surface area contributed by atoms with E-state index in [0.29, 0.717) is 33.8 Å². The van der Waals surface area contributed by atoms with Crippen molar-refractivity contribution in [2.24, 2.45) is 0 Å². The number of halogens is 3. The van der Waals surface area contributed by atoms with Gasteiger partial charge in [-0.3, -0.25) is 4.79 Å². The van der Waals surface area contributed by atoms with Gasteiger partial charge < -0.3 is 15.0 Å². The number of carbonyl (C=O) groups is 1. The summed E-state index contributed by atoms with van der Waals surface area (Å²) in [5, 5.41) is 22.5. The van der Waals surface area contributed by atoms with Crippen LogP contribution < -0.4 is 5.32 Å². The topological polar surface area (TPSA) is 80.0 Å². The Hall–Kier alpha value is -1.55. The van der Waals surface area contributed by atoms with Gasteiger partial charge >= 0.3 is 0 Å². The number of rotatable bonds is 6. The number of phenols is 1. The van der Waals surface area contributed by atoms with Crippen molar-refractivity contribution in [2.45, 2.75) is 18.6 Å². The Morgan fingerprint density at radius 2 is 2.04 bits per heavy atom. The van der Waals surface area contributed by atoms with Crippen LogP contribution in [-0.2, 0) is 11.3 Å². The van der Waals surface area contributed by atoms with Gasteiger partial charge in [-0.25, -0.2) is 0 Å². The lowest BCUT2D eigenvalue weighted by Gasteiger charge is -2.09. The fourth-order valence-corrected chi connectivity index (χ4v) is 4.06. The van der Waals surface area contributed by atoms with Crippen LogP contribution >= 0.6 is 55.2 Å². The fraction of sp³-hybridized carbons (Fsp3) is 0.167. The van der Waals surface area contributed by atoms with E-state index in [9.17, 15) is 9.90 Å². The van der Waals surface area contributed by atoms with Crippen molar-refractivity contribution in [3.8, 4) is 17.1 Å². The van der Waals surface area contributed by atoms with Crippen LogP contribution in [0.2, 0.25) is 5.02 Å². The highest BCUT2D eigenvalue weighted by Crippen LogP contribution is 2.32. The van der Waals surface area contributed by atoms with Crippen LogP contribution in [0.1, 0.15) is 6.92 Å². The smallest absolute Gasteiger partial charge is 0.234 e. The Labute approximate surface area is 187 Å². The Bertz CT molecular complexity index is 1030. The molecule has 3 rings (SSSR count). The van der Waals surface area contributed by atoms with Gasteiger partial charge in [0, 0.05) is 21.2 Å².